The Balaban J connectivity index is 1.69. The van der Waals surface area contributed by atoms with Gasteiger partial charge in [0.1, 0.15) is 5.54 Å². The number of hydrogen-bond donors (Lipinski definition) is 1. The zero-order chi connectivity index (χ0) is 24.9. The monoisotopic (exact) mass is 488 g/mol. The van der Waals surface area contributed by atoms with Crippen LogP contribution >= 0.6 is 11.6 Å². The zero-order valence-corrected chi connectivity index (χ0v) is 21.5. The maximum atomic E-state index is 13.6. The summed E-state index contributed by atoms with van der Waals surface area (Å²) in [5.74, 6) is 0.255. The van der Waals surface area contributed by atoms with Crippen LogP contribution < -0.4 is 5.32 Å². The molecule has 0 spiro atoms. The fourth-order valence-electron chi connectivity index (χ4n) is 4.78. The van der Waals surface area contributed by atoms with E-state index in [0.29, 0.717) is 56.4 Å². The average Bonchev–Trinajstić information content (AvgIpc) is 3.05. The summed E-state index contributed by atoms with van der Waals surface area (Å²) in [7, 11) is 3.86. The minimum absolute atomic E-state index is 0.00338. The number of nitrogens with one attached hydrogen (secondary N) is 1. The minimum atomic E-state index is -0.879. The molecule has 0 aromatic heterocycles. The topological polar surface area (TPSA) is 73.0 Å². The largest absolute Gasteiger partial charge is 0.339 e. The van der Waals surface area contributed by atoms with Crippen molar-refractivity contribution >= 4 is 35.5 Å². The average molecular weight is 489 g/mol. The van der Waals surface area contributed by atoms with Crippen molar-refractivity contribution in [1.82, 2.24) is 20.0 Å². The number of likely N-dealkylation sites (tertiary alicyclic amines) is 1. The van der Waals surface area contributed by atoms with E-state index >= 15 is 0 Å². The molecule has 0 saturated carbocycles. The first kappa shape index (κ1) is 26.2. The van der Waals surface area contributed by atoms with E-state index in [2.05, 4.69) is 19.2 Å². The van der Waals surface area contributed by atoms with Gasteiger partial charge in [0.25, 0.3) is 5.91 Å². The molecule has 2 saturated heterocycles. The number of rotatable bonds is 9. The molecule has 2 heterocycles. The summed E-state index contributed by atoms with van der Waals surface area (Å²) in [5, 5.41) is 3.70. The van der Waals surface area contributed by atoms with E-state index in [1.165, 1.54) is 4.90 Å². The third-order valence-electron chi connectivity index (χ3n) is 6.90. The van der Waals surface area contributed by atoms with Crippen LogP contribution in [-0.4, -0.2) is 78.4 Å². The van der Waals surface area contributed by atoms with Gasteiger partial charge in [0.15, 0.2) is 0 Å². The molecular weight excluding hydrogens is 452 g/mol. The molecule has 0 aliphatic carbocycles. The number of imide groups is 1. The van der Waals surface area contributed by atoms with Gasteiger partial charge < -0.3 is 15.1 Å². The van der Waals surface area contributed by atoms with Gasteiger partial charge >= 0.3 is 6.03 Å². The normalized spacial score (nSPS) is 21.9. The highest BCUT2D eigenvalue weighted by Gasteiger charge is 2.55. The number of amides is 4. The predicted molar refractivity (Wildman–Crippen MR) is 135 cm³/mol. The Hall–Kier alpha value is -2.38. The van der Waals surface area contributed by atoms with Crippen LogP contribution in [0.1, 0.15) is 45.1 Å². The fraction of sp³-hybridized carbons (Fsp3) is 0.577. The molecule has 0 bridgehead atoms. The van der Waals surface area contributed by atoms with Crippen molar-refractivity contribution < 1.29 is 14.4 Å². The van der Waals surface area contributed by atoms with E-state index in [9.17, 15) is 14.4 Å². The van der Waals surface area contributed by atoms with Crippen LogP contribution in [0.5, 0.6) is 0 Å². The van der Waals surface area contributed by atoms with Crippen molar-refractivity contribution in [3.8, 4) is 0 Å². The lowest BCUT2D eigenvalue weighted by Gasteiger charge is -2.41. The SMILES string of the molecule is CC(C)CCC1(C2CCN(C(=O)C=Cc3ccccc3Cl)CC2)NC(=O)N(CCN(C)C)C1=O. The second kappa shape index (κ2) is 11.4. The fourth-order valence-corrected chi connectivity index (χ4v) is 4.98. The van der Waals surface area contributed by atoms with Crippen LogP contribution in [0.25, 0.3) is 6.08 Å². The Labute approximate surface area is 208 Å². The zero-order valence-electron chi connectivity index (χ0n) is 20.7. The van der Waals surface area contributed by atoms with Crippen LogP contribution in [-0.2, 0) is 9.59 Å². The van der Waals surface area contributed by atoms with Crippen molar-refractivity contribution in [2.24, 2.45) is 11.8 Å². The molecule has 1 N–H and O–H groups in total. The minimum Gasteiger partial charge on any atom is -0.339 e. The van der Waals surface area contributed by atoms with Gasteiger partial charge in [-0.2, -0.15) is 0 Å². The lowest BCUT2D eigenvalue weighted by molar-refractivity contribution is -0.135. The molecule has 34 heavy (non-hydrogen) atoms. The van der Waals surface area contributed by atoms with E-state index < -0.39 is 5.54 Å². The van der Waals surface area contributed by atoms with Crippen LogP contribution in [0.15, 0.2) is 30.3 Å². The van der Waals surface area contributed by atoms with Crippen LogP contribution in [0.4, 0.5) is 4.79 Å². The Kier molecular flexibility index (Phi) is 8.77. The summed E-state index contributed by atoms with van der Waals surface area (Å²) < 4.78 is 0. The smallest absolute Gasteiger partial charge is 0.325 e. The van der Waals surface area contributed by atoms with Gasteiger partial charge in [0.05, 0.1) is 0 Å². The number of likely N-dealkylation sites (N-methyl/N-ethyl adjacent to an activating group) is 1. The number of halogens is 1. The first-order chi connectivity index (χ1) is 16.1. The van der Waals surface area contributed by atoms with Gasteiger partial charge in [-0.3, -0.25) is 14.5 Å². The standard InChI is InChI=1S/C26H37ClN4O3/c1-19(2)11-14-26(24(33)31(25(34)28-26)18-17-29(3)4)21-12-15-30(16-13-21)23(32)10-9-20-7-5-6-8-22(20)27/h5-10,19,21H,11-18H2,1-4H3,(H,28,34). The molecular formula is C26H37ClN4O3. The molecule has 2 aliphatic heterocycles. The molecule has 1 aromatic carbocycles. The molecule has 2 aliphatic rings. The summed E-state index contributed by atoms with van der Waals surface area (Å²) in [6.07, 6.45) is 6.13. The van der Waals surface area contributed by atoms with Gasteiger partial charge in [0.2, 0.25) is 5.91 Å². The van der Waals surface area contributed by atoms with Crippen LogP contribution in [0.3, 0.4) is 0 Å². The maximum Gasteiger partial charge on any atom is 0.325 e. The van der Waals surface area contributed by atoms with E-state index in [1.807, 2.05) is 42.1 Å². The van der Waals surface area contributed by atoms with Crippen molar-refractivity contribution in [3.05, 3.63) is 40.9 Å². The van der Waals surface area contributed by atoms with E-state index in [0.717, 1.165) is 12.0 Å². The highest BCUT2D eigenvalue weighted by molar-refractivity contribution is 6.32. The first-order valence-corrected chi connectivity index (χ1v) is 12.5. The molecule has 4 amide bonds. The quantitative estimate of drug-likeness (QED) is 0.423. The number of carbonyl (C=O) groups excluding carboxylic acids is 3. The number of piperidine rings is 1. The lowest BCUT2D eigenvalue weighted by Crippen LogP contribution is -2.56. The second-order valence-electron chi connectivity index (χ2n) is 10.0. The molecule has 2 fully saturated rings. The number of carbonyl (C=O) groups is 3. The van der Waals surface area contributed by atoms with Crippen molar-refractivity contribution in [2.75, 3.05) is 40.3 Å². The molecule has 186 valence electrons. The second-order valence-corrected chi connectivity index (χ2v) is 10.5. The maximum absolute atomic E-state index is 13.6. The number of urea groups is 1. The molecule has 7 nitrogen and oxygen atoms in total. The first-order valence-electron chi connectivity index (χ1n) is 12.1. The molecule has 0 radical (unpaired) electrons. The molecule has 1 atom stereocenters. The molecule has 3 rings (SSSR count). The van der Waals surface area contributed by atoms with E-state index in [4.69, 9.17) is 11.6 Å². The van der Waals surface area contributed by atoms with Gasteiger partial charge in [-0.05, 0) is 69.3 Å². The van der Waals surface area contributed by atoms with Crippen molar-refractivity contribution in [3.63, 3.8) is 0 Å². The van der Waals surface area contributed by atoms with Gasteiger partial charge in [-0.25, -0.2) is 4.79 Å². The van der Waals surface area contributed by atoms with E-state index in [1.54, 1.807) is 18.2 Å². The Morgan fingerprint density at radius 1 is 1.24 bits per heavy atom. The molecule has 1 unspecified atom stereocenters. The summed E-state index contributed by atoms with van der Waals surface area (Å²) in [4.78, 5) is 44.3. The van der Waals surface area contributed by atoms with Gasteiger partial charge in [-0.15, -0.1) is 0 Å². The van der Waals surface area contributed by atoms with Crippen LogP contribution in [0, 0.1) is 11.8 Å². The molecule has 8 heteroatoms. The highest BCUT2D eigenvalue weighted by atomic mass is 35.5. The van der Waals surface area contributed by atoms with E-state index in [-0.39, 0.29) is 23.8 Å². The summed E-state index contributed by atoms with van der Waals surface area (Å²) in [6, 6.07) is 7.10. The highest BCUT2D eigenvalue weighted by Crippen LogP contribution is 2.38. The summed E-state index contributed by atoms with van der Waals surface area (Å²) >= 11 is 6.18. The third-order valence-corrected chi connectivity index (χ3v) is 7.25. The van der Waals surface area contributed by atoms with Gasteiger partial charge in [-0.1, -0.05) is 43.6 Å². The van der Waals surface area contributed by atoms with Crippen LogP contribution in [0.2, 0.25) is 5.02 Å². The number of nitrogens with zero attached hydrogens (tertiary/aromatic N) is 3. The third kappa shape index (κ3) is 5.99. The Morgan fingerprint density at radius 3 is 2.53 bits per heavy atom. The summed E-state index contributed by atoms with van der Waals surface area (Å²) in [5.41, 5.74) is -0.0759. The number of benzene rings is 1. The number of hydrogen-bond acceptors (Lipinski definition) is 4. The molecule has 1 aromatic rings. The Bertz CT molecular complexity index is 924. The lowest BCUT2D eigenvalue weighted by atomic mass is 9.74. The Morgan fingerprint density at radius 2 is 1.91 bits per heavy atom. The van der Waals surface area contributed by atoms with Crippen molar-refractivity contribution in [1.29, 1.82) is 0 Å². The van der Waals surface area contributed by atoms with Gasteiger partial charge in [0, 0.05) is 37.3 Å². The predicted octanol–water partition coefficient (Wildman–Crippen LogP) is 3.88. The summed E-state index contributed by atoms with van der Waals surface area (Å²) in [6.45, 7) is 6.38. The van der Waals surface area contributed by atoms with Crippen molar-refractivity contribution in [2.45, 2.75) is 45.1 Å².